The summed E-state index contributed by atoms with van der Waals surface area (Å²) in [5.74, 6) is 0. The summed E-state index contributed by atoms with van der Waals surface area (Å²) in [7, 11) is -5.14. The summed E-state index contributed by atoms with van der Waals surface area (Å²) in [6.07, 6.45) is 0. The molecule has 0 aliphatic heterocycles. The van der Waals surface area contributed by atoms with E-state index < -0.39 is 7.82 Å². The molecule has 0 fully saturated rings. The second kappa shape index (κ2) is 18.8. The van der Waals surface area contributed by atoms with Crippen molar-refractivity contribution in [2.45, 2.75) is 0 Å². The Kier molecular flexibility index (Phi) is 69.3. The number of halogens is 2. The second-order valence-electron chi connectivity index (χ2n) is 0.469. The van der Waals surface area contributed by atoms with Crippen molar-refractivity contribution in [3.05, 3.63) is 0 Å². The molecule has 0 spiro atoms. The fraction of sp³-hybridized carbons (Fsp3) is 0. The molecule has 4 nitrogen and oxygen atoms in total. The molecule has 1 N–H and O–H groups in total. The number of rotatable bonds is 0. The third-order valence-corrected chi connectivity index (χ3v) is 0. The monoisotopic (exact) mass is 252 g/mol. The molecule has 0 heterocycles. The van der Waals surface area contributed by atoms with Crippen LogP contribution in [0.3, 0.4) is 0 Å². The molecule has 0 radical (unpaired) electrons. The van der Waals surface area contributed by atoms with Crippen LogP contribution in [0.1, 0.15) is 0 Å². The zero-order chi connectivity index (χ0) is 4.50. The van der Waals surface area contributed by atoms with Gasteiger partial charge in [0.15, 0.2) is 0 Å². The topological polar surface area (TPSA) is 83.4 Å². The van der Waals surface area contributed by atoms with E-state index >= 15 is 0 Å². The zero-order valence-corrected chi connectivity index (χ0v) is 14.5. The molecule has 0 aromatic rings. The van der Waals surface area contributed by atoms with Crippen LogP contribution in [0.15, 0.2) is 0 Å². The van der Waals surface area contributed by atoms with Crippen molar-refractivity contribution in [2.24, 2.45) is 0 Å². The summed E-state index contributed by atoms with van der Waals surface area (Å²) in [6.45, 7) is 0. The largest absolute Gasteiger partial charge is 2.00 e. The SMILES string of the molecule is O=P([O-])([O-])O.[Cl-].[Cl-].[K+].[Mg+2].[Na+]. The van der Waals surface area contributed by atoms with Gasteiger partial charge in [0.1, 0.15) is 0 Å². The molecule has 0 bridgehead atoms. The van der Waals surface area contributed by atoms with Gasteiger partial charge in [0, 0.05) is 0 Å². The molecular formula is HCl2KMgNaO4P. The summed E-state index contributed by atoms with van der Waals surface area (Å²) in [4.78, 5) is 24.3. The molecule has 10 heavy (non-hydrogen) atoms. The molecule has 48 valence electrons. The molecule has 0 saturated heterocycles. The van der Waals surface area contributed by atoms with E-state index in [2.05, 4.69) is 0 Å². The van der Waals surface area contributed by atoms with Gasteiger partial charge in [-0.3, -0.25) is 0 Å². The number of hydrogen-bond acceptors (Lipinski definition) is 3. The zero-order valence-electron chi connectivity index (χ0n) is 5.58. The number of hydrogen-bond donors (Lipinski definition) is 1. The Morgan fingerprint density at radius 3 is 1.20 bits per heavy atom. The summed E-state index contributed by atoms with van der Waals surface area (Å²) in [5.41, 5.74) is 0. The average Bonchev–Trinajstić information content (AvgIpc) is 0.722. The predicted octanol–water partition coefficient (Wildman–Crippen LogP) is -14.6. The van der Waals surface area contributed by atoms with E-state index in [1.54, 1.807) is 0 Å². The van der Waals surface area contributed by atoms with Crippen molar-refractivity contribution in [3.63, 3.8) is 0 Å². The van der Waals surface area contributed by atoms with Gasteiger partial charge in [-0.05, 0) is 0 Å². The van der Waals surface area contributed by atoms with Crippen molar-refractivity contribution < 1.29 is 125 Å². The maximum Gasteiger partial charge on any atom is 2.00 e. The standard InChI is InChI=1S/2ClH.K.Mg.Na.H3O4P/c;;;;;1-5(2,3)4/h2*1H;;;;(H3,1,2,3,4)/q;;+1;+2;+1;/p-4. The van der Waals surface area contributed by atoms with Crippen LogP contribution < -0.4 is 116 Å². The van der Waals surface area contributed by atoms with Crippen LogP contribution in [0.25, 0.3) is 0 Å². The Morgan fingerprint density at radius 2 is 1.20 bits per heavy atom. The normalized spacial score (nSPS) is 5.90. The van der Waals surface area contributed by atoms with E-state index in [0.717, 1.165) is 0 Å². The van der Waals surface area contributed by atoms with Crippen LogP contribution in [-0.2, 0) is 4.57 Å². The Hall–Kier alpha value is 4.09. The van der Waals surface area contributed by atoms with Crippen molar-refractivity contribution in [2.75, 3.05) is 0 Å². The van der Waals surface area contributed by atoms with E-state index in [9.17, 15) is 0 Å². The Morgan fingerprint density at radius 1 is 1.20 bits per heavy atom. The van der Waals surface area contributed by atoms with Crippen molar-refractivity contribution in [1.82, 2.24) is 0 Å². The third kappa shape index (κ3) is 88.8. The summed E-state index contributed by atoms with van der Waals surface area (Å²) < 4.78 is 8.66. The van der Waals surface area contributed by atoms with Crippen LogP contribution in [0.2, 0.25) is 0 Å². The van der Waals surface area contributed by atoms with Crippen LogP contribution in [0, 0.1) is 0 Å². The molecule has 0 saturated carbocycles. The molecule has 0 aromatic heterocycles. The molecular weight excluding hydrogens is 252 g/mol. The van der Waals surface area contributed by atoms with E-state index in [4.69, 9.17) is 19.2 Å². The van der Waals surface area contributed by atoms with E-state index in [1.165, 1.54) is 0 Å². The van der Waals surface area contributed by atoms with Gasteiger partial charge in [-0.25, -0.2) is 0 Å². The Balaban J connectivity index is -0.00000000800. The van der Waals surface area contributed by atoms with Crippen molar-refractivity contribution in [3.8, 4) is 0 Å². The molecule has 0 atom stereocenters. The first-order chi connectivity index (χ1) is 2.00. The number of phosphoric acid groups is 1. The maximum atomic E-state index is 8.66. The van der Waals surface area contributed by atoms with Gasteiger partial charge in [0.05, 0.1) is 7.82 Å². The molecule has 0 amide bonds. The Labute approximate surface area is 152 Å². The molecule has 0 aliphatic rings. The fourth-order valence-electron chi connectivity index (χ4n) is 0. The van der Waals surface area contributed by atoms with Gasteiger partial charge in [-0.1, -0.05) is 0 Å². The van der Waals surface area contributed by atoms with Crippen LogP contribution in [0.5, 0.6) is 0 Å². The second-order valence-corrected chi connectivity index (χ2v) is 1.41. The average molecular weight is 253 g/mol. The predicted molar refractivity (Wildman–Crippen MR) is 15.6 cm³/mol. The summed E-state index contributed by atoms with van der Waals surface area (Å²) in [5, 5.41) is 0. The van der Waals surface area contributed by atoms with Crippen molar-refractivity contribution >= 4 is 30.9 Å². The first-order valence-corrected chi connectivity index (χ1v) is 2.24. The van der Waals surface area contributed by atoms with Crippen LogP contribution in [0.4, 0.5) is 0 Å². The first kappa shape index (κ1) is 36.9. The van der Waals surface area contributed by atoms with E-state index in [0.29, 0.717) is 0 Å². The summed E-state index contributed by atoms with van der Waals surface area (Å²) in [6, 6.07) is 0. The van der Waals surface area contributed by atoms with Gasteiger partial charge in [0.25, 0.3) is 0 Å². The summed E-state index contributed by atoms with van der Waals surface area (Å²) >= 11 is 0. The van der Waals surface area contributed by atoms with Gasteiger partial charge < -0.3 is 44.1 Å². The van der Waals surface area contributed by atoms with Gasteiger partial charge >= 0.3 is 104 Å². The minimum atomic E-state index is -5.14. The first-order valence-electron chi connectivity index (χ1n) is 0.748. The van der Waals surface area contributed by atoms with Gasteiger partial charge in [0.2, 0.25) is 0 Å². The van der Waals surface area contributed by atoms with Gasteiger partial charge in [-0.2, -0.15) is 0 Å². The Bertz CT molecular complexity index is 69.4. The van der Waals surface area contributed by atoms with Gasteiger partial charge in [-0.15, -0.1) is 0 Å². The molecule has 10 heteroatoms. The minimum Gasteiger partial charge on any atom is -1.00 e. The smallest absolute Gasteiger partial charge is 1.00 e. The van der Waals surface area contributed by atoms with Crippen LogP contribution in [-0.4, -0.2) is 27.9 Å². The minimum absolute atomic E-state index is 0. The third-order valence-electron chi connectivity index (χ3n) is 0. The van der Waals surface area contributed by atoms with Crippen LogP contribution >= 0.6 is 7.82 Å². The fourth-order valence-corrected chi connectivity index (χ4v) is 0. The maximum absolute atomic E-state index is 8.66. The molecule has 0 aliphatic carbocycles. The molecule has 0 aromatic carbocycles. The molecule has 0 unspecified atom stereocenters. The quantitative estimate of drug-likeness (QED) is 0.343. The molecule has 0 rings (SSSR count). The van der Waals surface area contributed by atoms with E-state index in [1.807, 2.05) is 0 Å². The van der Waals surface area contributed by atoms with Crippen molar-refractivity contribution in [1.29, 1.82) is 0 Å². The van der Waals surface area contributed by atoms with E-state index in [-0.39, 0.29) is 129 Å².